The monoisotopic (exact) mass is 165 g/mol. The van der Waals surface area contributed by atoms with Gasteiger partial charge in [0.15, 0.2) is 5.75 Å². The van der Waals surface area contributed by atoms with Gasteiger partial charge in [0.25, 0.3) is 0 Å². The zero-order chi connectivity index (χ0) is 8.55. The van der Waals surface area contributed by atoms with Crippen LogP contribution in [0.3, 0.4) is 0 Å². The van der Waals surface area contributed by atoms with E-state index in [1.165, 1.54) is 13.4 Å². The van der Waals surface area contributed by atoms with Gasteiger partial charge in [0.1, 0.15) is 17.4 Å². The van der Waals surface area contributed by atoms with E-state index in [-0.39, 0.29) is 5.75 Å². The minimum Gasteiger partial charge on any atom is -0.504 e. The van der Waals surface area contributed by atoms with Crippen LogP contribution in [0.2, 0.25) is 0 Å². The van der Waals surface area contributed by atoms with Gasteiger partial charge in [-0.3, -0.25) is 0 Å². The van der Waals surface area contributed by atoms with Crippen molar-refractivity contribution in [2.24, 2.45) is 0 Å². The molecular formula is C8H7NO3. The summed E-state index contributed by atoms with van der Waals surface area (Å²) in [6, 6.07) is 1.66. The fourth-order valence-corrected chi connectivity index (χ4v) is 1.09. The van der Waals surface area contributed by atoms with E-state index in [0.29, 0.717) is 16.8 Å². The summed E-state index contributed by atoms with van der Waals surface area (Å²) >= 11 is 0. The van der Waals surface area contributed by atoms with Gasteiger partial charge < -0.3 is 14.3 Å². The number of fused-ring (bicyclic) bond motifs is 1. The normalized spacial score (nSPS) is 10.4. The second kappa shape index (κ2) is 2.41. The molecule has 0 saturated carbocycles. The standard InChI is InChI=1S/C8H7NO3/c1-11-6-2-3-9-8-7(6)5(10)4-12-8/h2-4,10H,1H3. The molecule has 0 saturated heterocycles. The van der Waals surface area contributed by atoms with Crippen LogP contribution in [0.15, 0.2) is 22.9 Å². The first kappa shape index (κ1) is 6.97. The molecule has 0 fully saturated rings. The molecule has 0 spiro atoms. The molecule has 2 rings (SSSR count). The van der Waals surface area contributed by atoms with Crippen molar-refractivity contribution in [1.82, 2.24) is 4.98 Å². The predicted molar refractivity (Wildman–Crippen MR) is 42.2 cm³/mol. The van der Waals surface area contributed by atoms with Crippen LogP contribution in [0.4, 0.5) is 0 Å². The van der Waals surface area contributed by atoms with Crippen LogP contribution in [0.1, 0.15) is 0 Å². The number of aromatic hydroxyl groups is 1. The fraction of sp³-hybridized carbons (Fsp3) is 0.125. The van der Waals surface area contributed by atoms with Gasteiger partial charge in [0.05, 0.1) is 7.11 Å². The highest BCUT2D eigenvalue weighted by Crippen LogP contribution is 2.32. The van der Waals surface area contributed by atoms with E-state index in [4.69, 9.17) is 9.15 Å². The Hall–Kier alpha value is -1.71. The van der Waals surface area contributed by atoms with E-state index in [0.717, 1.165) is 0 Å². The van der Waals surface area contributed by atoms with Crippen molar-refractivity contribution in [3.63, 3.8) is 0 Å². The molecule has 0 radical (unpaired) electrons. The van der Waals surface area contributed by atoms with Crippen molar-refractivity contribution in [2.75, 3.05) is 7.11 Å². The molecule has 2 aromatic rings. The van der Waals surface area contributed by atoms with Gasteiger partial charge in [-0.25, -0.2) is 4.98 Å². The molecule has 0 aliphatic carbocycles. The third-order valence-corrected chi connectivity index (χ3v) is 1.64. The summed E-state index contributed by atoms with van der Waals surface area (Å²) < 4.78 is 9.96. The topological polar surface area (TPSA) is 55.5 Å². The van der Waals surface area contributed by atoms with Crippen molar-refractivity contribution in [3.05, 3.63) is 18.5 Å². The molecule has 2 aromatic heterocycles. The first-order valence-electron chi connectivity index (χ1n) is 3.42. The lowest BCUT2D eigenvalue weighted by Gasteiger charge is -1.98. The lowest BCUT2D eigenvalue weighted by atomic mass is 10.3. The third-order valence-electron chi connectivity index (χ3n) is 1.64. The molecule has 0 amide bonds. The molecule has 0 bridgehead atoms. The van der Waals surface area contributed by atoms with Gasteiger partial charge in [0, 0.05) is 6.20 Å². The van der Waals surface area contributed by atoms with Crippen molar-refractivity contribution >= 4 is 11.1 Å². The summed E-state index contributed by atoms with van der Waals surface area (Å²) in [6.07, 6.45) is 2.80. The number of hydrogen-bond donors (Lipinski definition) is 1. The highest BCUT2D eigenvalue weighted by molar-refractivity contribution is 5.86. The van der Waals surface area contributed by atoms with Crippen LogP contribution in [-0.4, -0.2) is 17.2 Å². The van der Waals surface area contributed by atoms with E-state index in [1.54, 1.807) is 12.3 Å². The lowest BCUT2D eigenvalue weighted by molar-refractivity contribution is 0.416. The molecule has 4 heteroatoms. The summed E-state index contributed by atoms with van der Waals surface area (Å²) in [5.41, 5.74) is 0.381. The fourth-order valence-electron chi connectivity index (χ4n) is 1.09. The van der Waals surface area contributed by atoms with Crippen LogP contribution in [0, 0.1) is 0 Å². The van der Waals surface area contributed by atoms with Crippen LogP contribution in [0.25, 0.3) is 11.1 Å². The molecule has 2 heterocycles. The van der Waals surface area contributed by atoms with E-state index in [1.807, 2.05) is 0 Å². The Morgan fingerprint density at radius 1 is 1.58 bits per heavy atom. The van der Waals surface area contributed by atoms with E-state index in [2.05, 4.69) is 4.98 Å². The van der Waals surface area contributed by atoms with Crippen LogP contribution < -0.4 is 4.74 Å². The van der Waals surface area contributed by atoms with Crippen molar-refractivity contribution in [2.45, 2.75) is 0 Å². The Morgan fingerprint density at radius 3 is 3.17 bits per heavy atom. The highest BCUT2D eigenvalue weighted by Gasteiger charge is 2.10. The number of furan rings is 1. The van der Waals surface area contributed by atoms with Crippen LogP contribution in [0.5, 0.6) is 11.5 Å². The molecule has 4 nitrogen and oxygen atoms in total. The highest BCUT2D eigenvalue weighted by atomic mass is 16.5. The van der Waals surface area contributed by atoms with Gasteiger partial charge in [-0.05, 0) is 6.07 Å². The molecule has 0 aromatic carbocycles. The van der Waals surface area contributed by atoms with Gasteiger partial charge in [-0.2, -0.15) is 0 Å². The Balaban J connectivity index is 2.84. The third kappa shape index (κ3) is 0.812. The minimum absolute atomic E-state index is 0.0509. The number of ether oxygens (including phenoxy) is 1. The molecule has 0 atom stereocenters. The second-order valence-corrected chi connectivity index (χ2v) is 2.31. The van der Waals surface area contributed by atoms with E-state index in [9.17, 15) is 5.11 Å². The van der Waals surface area contributed by atoms with E-state index >= 15 is 0 Å². The molecular weight excluding hydrogens is 158 g/mol. The number of pyridine rings is 1. The molecule has 1 N–H and O–H groups in total. The van der Waals surface area contributed by atoms with Gasteiger partial charge in [0.2, 0.25) is 5.71 Å². The first-order valence-corrected chi connectivity index (χ1v) is 3.42. The average molecular weight is 165 g/mol. The summed E-state index contributed by atoms with van der Waals surface area (Å²) in [5.74, 6) is 0.612. The zero-order valence-electron chi connectivity index (χ0n) is 6.44. The number of aromatic nitrogens is 1. The summed E-state index contributed by atoms with van der Waals surface area (Å²) in [7, 11) is 1.53. The SMILES string of the molecule is COc1ccnc2occ(O)c12. The number of methoxy groups -OCH3 is 1. The molecule has 0 aliphatic heterocycles. The predicted octanol–water partition coefficient (Wildman–Crippen LogP) is 1.54. The maximum Gasteiger partial charge on any atom is 0.233 e. The van der Waals surface area contributed by atoms with Gasteiger partial charge in [-0.15, -0.1) is 0 Å². The number of nitrogens with zero attached hydrogens (tertiary/aromatic N) is 1. The Labute approximate surface area is 68.4 Å². The second-order valence-electron chi connectivity index (χ2n) is 2.31. The molecule has 62 valence electrons. The Morgan fingerprint density at radius 2 is 2.42 bits per heavy atom. The Kier molecular flexibility index (Phi) is 1.40. The van der Waals surface area contributed by atoms with Crippen LogP contribution in [-0.2, 0) is 0 Å². The van der Waals surface area contributed by atoms with Crippen molar-refractivity contribution in [1.29, 1.82) is 0 Å². The quantitative estimate of drug-likeness (QED) is 0.696. The summed E-state index contributed by atoms with van der Waals surface area (Å²) in [6.45, 7) is 0. The maximum atomic E-state index is 9.31. The molecule has 0 aliphatic rings. The van der Waals surface area contributed by atoms with Gasteiger partial charge in [-0.1, -0.05) is 0 Å². The molecule has 0 unspecified atom stereocenters. The maximum absolute atomic E-state index is 9.31. The van der Waals surface area contributed by atoms with Crippen molar-refractivity contribution in [3.8, 4) is 11.5 Å². The summed E-state index contributed by atoms with van der Waals surface area (Å²) in [4.78, 5) is 3.90. The molecule has 12 heavy (non-hydrogen) atoms. The first-order chi connectivity index (χ1) is 5.83. The van der Waals surface area contributed by atoms with Crippen LogP contribution >= 0.6 is 0 Å². The Bertz CT molecular complexity index is 408. The number of rotatable bonds is 1. The zero-order valence-corrected chi connectivity index (χ0v) is 6.44. The van der Waals surface area contributed by atoms with E-state index < -0.39 is 0 Å². The largest absolute Gasteiger partial charge is 0.504 e. The van der Waals surface area contributed by atoms with Gasteiger partial charge >= 0.3 is 0 Å². The minimum atomic E-state index is 0.0509. The smallest absolute Gasteiger partial charge is 0.233 e. The lowest BCUT2D eigenvalue weighted by Crippen LogP contribution is -1.83. The summed E-state index contributed by atoms with van der Waals surface area (Å²) in [5, 5.41) is 9.82. The average Bonchev–Trinajstić information content (AvgIpc) is 2.48. The number of hydrogen-bond acceptors (Lipinski definition) is 4. The van der Waals surface area contributed by atoms with Crippen molar-refractivity contribution < 1.29 is 14.3 Å².